The van der Waals surface area contributed by atoms with Crippen LogP contribution in [0.4, 0.5) is 16.3 Å². The summed E-state index contributed by atoms with van der Waals surface area (Å²) < 4.78 is 0. The van der Waals surface area contributed by atoms with Crippen LogP contribution in [0, 0.1) is 29.1 Å². The Labute approximate surface area is 205 Å². The van der Waals surface area contributed by atoms with Gasteiger partial charge in [-0.2, -0.15) is 5.26 Å². The monoisotopic (exact) mass is 475 g/mol. The predicted octanol–water partition coefficient (Wildman–Crippen LogP) is 5.43. The van der Waals surface area contributed by atoms with Gasteiger partial charge >= 0.3 is 6.03 Å². The zero-order valence-electron chi connectivity index (χ0n) is 19.3. The molecular formula is C27H30ClN5O. The van der Waals surface area contributed by atoms with Crippen molar-refractivity contribution in [3.8, 4) is 6.07 Å². The van der Waals surface area contributed by atoms with Gasteiger partial charge in [0.05, 0.1) is 16.3 Å². The summed E-state index contributed by atoms with van der Waals surface area (Å²) >= 11 is 6.71. The lowest BCUT2D eigenvalue weighted by molar-refractivity contribution is -0.00517. The maximum Gasteiger partial charge on any atom is 0.322 e. The van der Waals surface area contributed by atoms with E-state index < -0.39 is 0 Å². The smallest absolute Gasteiger partial charge is 0.322 e. The first kappa shape index (κ1) is 21.7. The number of hydrogen-bond acceptors (Lipinski definition) is 4. The number of amides is 2. The summed E-state index contributed by atoms with van der Waals surface area (Å²) in [4.78, 5) is 21.2. The number of nitrogens with one attached hydrogen (secondary N) is 1. The molecule has 1 aromatic heterocycles. The molecule has 4 aliphatic carbocycles. The number of aromatic nitrogens is 1. The Morgan fingerprint density at radius 1 is 1.06 bits per heavy atom. The molecule has 7 heteroatoms. The second-order valence-corrected chi connectivity index (χ2v) is 11.2. The minimum Gasteiger partial charge on any atom is -0.352 e. The third-order valence-corrected chi connectivity index (χ3v) is 8.95. The second kappa shape index (κ2) is 8.46. The Hall–Kier alpha value is -2.78. The largest absolute Gasteiger partial charge is 0.352 e. The molecule has 2 aromatic rings. The van der Waals surface area contributed by atoms with Gasteiger partial charge in [-0.3, -0.25) is 0 Å². The molecule has 5 aliphatic rings. The van der Waals surface area contributed by atoms with Crippen LogP contribution in [0.5, 0.6) is 0 Å². The summed E-state index contributed by atoms with van der Waals surface area (Å²) in [5.74, 6) is 3.35. The van der Waals surface area contributed by atoms with E-state index >= 15 is 0 Å². The Bertz CT molecular complexity index is 1110. The molecule has 5 fully saturated rings. The van der Waals surface area contributed by atoms with Crippen LogP contribution in [-0.2, 0) is 5.41 Å². The van der Waals surface area contributed by atoms with Gasteiger partial charge in [0.15, 0.2) is 0 Å². The number of benzene rings is 1. The predicted molar refractivity (Wildman–Crippen MR) is 133 cm³/mol. The summed E-state index contributed by atoms with van der Waals surface area (Å²) in [7, 11) is 0. The third kappa shape index (κ3) is 3.80. The van der Waals surface area contributed by atoms with E-state index in [2.05, 4.69) is 33.4 Å². The highest BCUT2D eigenvalue weighted by atomic mass is 35.5. The van der Waals surface area contributed by atoms with Crippen molar-refractivity contribution in [3.63, 3.8) is 0 Å². The van der Waals surface area contributed by atoms with Crippen molar-refractivity contribution in [1.82, 2.24) is 9.88 Å². The number of urea groups is 1. The second-order valence-electron chi connectivity index (χ2n) is 10.8. The molecule has 1 saturated heterocycles. The van der Waals surface area contributed by atoms with Gasteiger partial charge in [-0.1, -0.05) is 17.7 Å². The molecule has 1 aliphatic heterocycles. The Kier molecular flexibility index (Phi) is 5.41. The number of carbonyl (C=O) groups is 1. The van der Waals surface area contributed by atoms with Crippen LogP contribution < -0.4 is 10.2 Å². The van der Waals surface area contributed by atoms with Crippen molar-refractivity contribution in [1.29, 1.82) is 5.26 Å². The molecule has 0 atom stereocenters. The molecular weight excluding hydrogens is 446 g/mol. The third-order valence-electron chi connectivity index (χ3n) is 8.63. The first-order chi connectivity index (χ1) is 16.5. The number of rotatable bonds is 3. The number of halogens is 1. The van der Waals surface area contributed by atoms with Crippen molar-refractivity contribution in [3.05, 3.63) is 52.7 Å². The summed E-state index contributed by atoms with van der Waals surface area (Å²) in [6.45, 7) is 2.40. The number of hydrogen-bond donors (Lipinski definition) is 1. The van der Waals surface area contributed by atoms with Gasteiger partial charge in [-0.25, -0.2) is 9.78 Å². The first-order valence-electron chi connectivity index (χ1n) is 12.5. The summed E-state index contributed by atoms with van der Waals surface area (Å²) in [6, 6.07) is 11.9. The van der Waals surface area contributed by atoms with Gasteiger partial charge in [0.25, 0.3) is 0 Å². The van der Waals surface area contributed by atoms with Gasteiger partial charge in [0, 0.05) is 32.4 Å². The normalized spacial score (nSPS) is 29.7. The van der Waals surface area contributed by atoms with Crippen LogP contribution in [0.3, 0.4) is 0 Å². The highest BCUT2D eigenvalue weighted by Crippen LogP contribution is 2.61. The minimum absolute atomic E-state index is 0.134. The van der Waals surface area contributed by atoms with Crippen molar-refractivity contribution < 1.29 is 4.79 Å². The number of anilines is 2. The quantitative estimate of drug-likeness (QED) is 0.642. The highest BCUT2D eigenvalue weighted by molar-refractivity contribution is 6.33. The van der Waals surface area contributed by atoms with E-state index in [1.54, 1.807) is 23.2 Å². The van der Waals surface area contributed by atoms with E-state index in [1.165, 1.54) is 44.1 Å². The number of nitriles is 1. The lowest BCUT2D eigenvalue weighted by Gasteiger charge is -2.57. The molecule has 1 aromatic carbocycles. The number of nitrogens with zero attached hydrogens (tertiary/aromatic N) is 4. The molecule has 0 unspecified atom stereocenters. The molecule has 0 radical (unpaired) electrons. The van der Waals surface area contributed by atoms with Crippen molar-refractivity contribution in [2.24, 2.45) is 17.8 Å². The number of piperazine rings is 1. The lowest BCUT2D eigenvalue weighted by atomic mass is 9.48. The molecule has 6 nitrogen and oxygen atoms in total. The van der Waals surface area contributed by atoms with Crippen molar-refractivity contribution in [2.45, 2.75) is 43.9 Å². The first-order valence-corrected chi connectivity index (χ1v) is 12.9. The average molecular weight is 476 g/mol. The molecule has 176 valence electrons. The van der Waals surface area contributed by atoms with Crippen LogP contribution in [0.2, 0.25) is 5.02 Å². The van der Waals surface area contributed by atoms with Gasteiger partial charge in [0.2, 0.25) is 0 Å². The topological polar surface area (TPSA) is 72.3 Å². The molecule has 2 heterocycles. The average Bonchev–Trinajstić information content (AvgIpc) is 2.84. The van der Waals surface area contributed by atoms with Crippen LogP contribution >= 0.6 is 11.6 Å². The fraction of sp³-hybridized carbons (Fsp3) is 0.519. The minimum atomic E-state index is -0.134. The molecule has 2 amide bonds. The zero-order valence-corrected chi connectivity index (χ0v) is 20.1. The maximum absolute atomic E-state index is 13.0. The van der Waals surface area contributed by atoms with Gasteiger partial charge in [-0.15, -0.1) is 0 Å². The van der Waals surface area contributed by atoms with E-state index in [9.17, 15) is 10.1 Å². The van der Waals surface area contributed by atoms with E-state index in [4.69, 9.17) is 11.6 Å². The number of carbonyl (C=O) groups excluding carboxylic acids is 1. The Morgan fingerprint density at radius 3 is 2.35 bits per heavy atom. The van der Waals surface area contributed by atoms with E-state index in [0.717, 1.165) is 17.8 Å². The molecule has 4 bridgehead atoms. The summed E-state index contributed by atoms with van der Waals surface area (Å²) in [5, 5.41) is 13.0. The summed E-state index contributed by atoms with van der Waals surface area (Å²) in [5.41, 5.74) is 2.91. The van der Waals surface area contributed by atoms with Crippen molar-refractivity contribution in [2.75, 3.05) is 36.4 Å². The number of pyridine rings is 1. The van der Waals surface area contributed by atoms with Crippen LogP contribution in [0.25, 0.3) is 0 Å². The maximum atomic E-state index is 13.0. The van der Waals surface area contributed by atoms with E-state index in [-0.39, 0.29) is 6.03 Å². The fourth-order valence-electron chi connectivity index (χ4n) is 7.46. The summed E-state index contributed by atoms with van der Waals surface area (Å²) in [6.07, 6.45) is 9.87. The molecule has 34 heavy (non-hydrogen) atoms. The Balaban J connectivity index is 1.11. The van der Waals surface area contributed by atoms with Crippen molar-refractivity contribution >= 4 is 29.1 Å². The SMILES string of the molecule is N#Cc1cccnc1N1CCN(C(=O)Nc2ccc(C34CC5CC(CC(C5)C3)C4)cc2Cl)CC1. The highest BCUT2D eigenvalue weighted by Gasteiger charge is 2.51. The Morgan fingerprint density at radius 2 is 1.74 bits per heavy atom. The molecule has 4 saturated carbocycles. The molecule has 7 rings (SSSR count). The van der Waals surface area contributed by atoms with Crippen LogP contribution in [0.1, 0.15) is 49.7 Å². The van der Waals surface area contributed by atoms with Crippen LogP contribution in [0.15, 0.2) is 36.5 Å². The van der Waals surface area contributed by atoms with Gasteiger partial charge in [-0.05, 0) is 91.5 Å². The zero-order chi connectivity index (χ0) is 23.3. The standard InChI is InChI=1S/C27H30ClN5O/c28-23-13-22(27-14-18-10-19(15-27)12-20(11-18)16-27)3-4-24(23)31-26(34)33-8-6-32(7-9-33)25-21(17-29)2-1-5-30-25/h1-5,13,18-20H,6-12,14-16H2,(H,31,34). The lowest BCUT2D eigenvalue weighted by Crippen LogP contribution is -2.50. The van der Waals surface area contributed by atoms with E-state index in [0.29, 0.717) is 53.7 Å². The van der Waals surface area contributed by atoms with Gasteiger partial charge in [0.1, 0.15) is 11.9 Å². The van der Waals surface area contributed by atoms with Gasteiger partial charge < -0.3 is 15.1 Å². The molecule has 1 N–H and O–H groups in total. The van der Waals surface area contributed by atoms with E-state index in [1.807, 2.05) is 6.07 Å². The molecule has 0 spiro atoms. The fourth-order valence-corrected chi connectivity index (χ4v) is 7.69. The van der Waals surface area contributed by atoms with Crippen LogP contribution in [-0.4, -0.2) is 42.1 Å².